The Balaban J connectivity index is 1.82. The van der Waals surface area contributed by atoms with Crippen molar-refractivity contribution in [2.45, 2.75) is 13.8 Å². The average Bonchev–Trinajstić information content (AvgIpc) is 3.02. The van der Waals surface area contributed by atoms with Crippen molar-refractivity contribution in [3.8, 4) is 5.69 Å². The minimum absolute atomic E-state index is 0.210. The third kappa shape index (κ3) is 3.39. The standard InChI is InChI=1S/C22H19BrN4O3/c1-12-4-7-15(8-5-12)27-21(29)19-18(25-22(27)30)16(11-26(19)3)20(28)24-14-6-9-17(23)13(2)10-14/h4-11H,1-3H3,(H,24,28)(H,25,30). The zero-order valence-corrected chi connectivity index (χ0v) is 18.2. The molecule has 0 atom stereocenters. The molecule has 2 N–H and O–H groups in total. The third-order valence-electron chi connectivity index (χ3n) is 4.97. The van der Waals surface area contributed by atoms with Crippen molar-refractivity contribution in [1.29, 1.82) is 0 Å². The van der Waals surface area contributed by atoms with Crippen molar-refractivity contribution in [2.24, 2.45) is 7.05 Å². The van der Waals surface area contributed by atoms with Crippen LogP contribution < -0.4 is 16.6 Å². The summed E-state index contributed by atoms with van der Waals surface area (Å²) in [5, 5.41) is 2.82. The number of aromatic amines is 1. The Morgan fingerprint density at radius 2 is 1.77 bits per heavy atom. The second-order valence-corrected chi connectivity index (χ2v) is 8.06. The van der Waals surface area contributed by atoms with Crippen LogP contribution in [-0.4, -0.2) is 20.0 Å². The van der Waals surface area contributed by atoms with Gasteiger partial charge in [0.15, 0.2) is 0 Å². The lowest BCUT2D eigenvalue weighted by molar-refractivity contribution is 0.102. The SMILES string of the molecule is Cc1ccc(-n2c(=O)[nH]c3c(C(=O)Nc4ccc(Br)c(C)c4)cn(C)c3c2=O)cc1. The predicted octanol–water partition coefficient (Wildman–Crippen LogP) is 3.65. The Bertz CT molecular complexity index is 1410. The van der Waals surface area contributed by atoms with E-state index in [4.69, 9.17) is 0 Å². The number of fused-ring (bicyclic) bond motifs is 1. The summed E-state index contributed by atoms with van der Waals surface area (Å²) in [6.45, 7) is 3.84. The van der Waals surface area contributed by atoms with Crippen LogP contribution in [0.25, 0.3) is 16.7 Å². The molecule has 0 saturated heterocycles. The van der Waals surface area contributed by atoms with Gasteiger partial charge in [-0.05, 0) is 49.7 Å². The molecular weight excluding hydrogens is 448 g/mol. The van der Waals surface area contributed by atoms with Gasteiger partial charge >= 0.3 is 5.69 Å². The highest BCUT2D eigenvalue weighted by atomic mass is 79.9. The molecule has 30 heavy (non-hydrogen) atoms. The van der Waals surface area contributed by atoms with E-state index in [-0.39, 0.29) is 16.6 Å². The molecule has 4 rings (SSSR count). The number of nitrogens with zero attached hydrogens (tertiary/aromatic N) is 2. The Kier molecular flexibility index (Phi) is 4.95. The summed E-state index contributed by atoms with van der Waals surface area (Å²) in [6, 6.07) is 12.5. The number of amides is 1. The van der Waals surface area contributed by atoms with E-state index in [0.29, 0.717) is 11.4 Å². The molecule has 2 aromatic carbocycles. The van der Waals surface area contributed by atoms with E-state index in [0.717, 1.165) is 20.2 Å². The van der Waals surface area contributed by atoms with E-state index in [1.165, 1.54) is 0 Å². The lowest BCUT2D eigenvalue weighted by Gasteiger charge is -2.08. The molecule has 8 heteroatoms. The quantitative estimate of drug-likeness (QED) is 0.482. The lowest BCUT2D eigenvalue weighted by Crippen LogP contribution is -2.34. The second-order valence-electron chi connectivity index (χ2n) is 7.20. The number of rotatable bonds is 3. The molecule has 0 fully saturated rings. The molecule has 0 saturated carbocycles. The molecule has 0 bridgehead atoms. The summed E-state index contributed by atoms with van der Waals surface area (Å²) in [5.41, 5.74) is 2.66. The van der Waals surface area contributed by atoms with Gasteiger partial charge in [0.25, 0.3) is 11.5 Å². The number of H-pyrrole nitrogens is 1. The number of aryl methyl sites for hydroxylation is 3. The summed E-state index contributed by atoms with van der Waals surface area (Å²) in [5.74, 6) is -0.412. The van der Waals surface area contributed by atoms with Crippen molar-refractivity contribution in [1.82, 2.24) is 14.1 Å². The normalized spacial score (nSPS) is 11.1. The Morgan fingerprint density at radius 1 is 1.07 bits per heavy atom. The molecule has 0 aliphatic carbocycles. The molecule has 0 radical (unpaired) electrons. The summed E-state index contributed by atoms with van der Waals surface area (Å²) < 4.78 is 3.56. The first-order chi connectivity index (χ1) is 14.3. The van der Waals surface area contributed by atoms with Crippen molar-refractivity contribution < 1.29 is 4.79 Å². The molecule has 0 spiro atoms. The molecular formula is C22H19BrN4O3. The van der Waals surface area contributed by atoms with Crippen LogP contribution in [0.1, 0.15) is 21.5 Å². The number of hydrogen-bond donors (Lipinski definition) is 2. The van der Waals surface area contributed by atoms with Gasteiger partial charge in [-0.3, -0.25) is 9.59 Å². The molecule has 2 heterocycles. The number of benzene rings is 2. The van der Waals surface area contributed by atoms with Crippen LogP contribution in [0.2, 0.25) is 0 Å². The smallest absolute Gasteiger partial charge is 0.333 e. The average molecular weight is 467 g/mol. The van der Waals surface area contributed by atoms with Gasteiger partial charge in [0.05, 0.1) is 16.8 Å². The van der Waals surface area contributed by atoms with Crippen LogP contribution in [0, 0.1) is 13.8 Å². The number of carbonyl (C=O) groups is 1. The molecule has 2 aromatic heterocycles. The van der Waals surface area contributed by atoms with Gasteiger partial charge in [-0.1, -0.05) is 33.6 Å². The Morgan fingerprint density at radius 3 is 2.43 bits per heavy atom. The fraction of sp³-hybridized carbons (Fsp3) is 0.136. The van der Waals surface area contributed by atoms with Gasteiger partial charge < -0.3 is 14.9 Å². The van der Waals surface area contributed by atoms with Crippen LogP contribution in [0.4, 0.5) is 5.69 Å². The van der Waals surface area contributed by atoms with Gasteiger partial charge in [0.1, 0.15) is 5.52 Å². The minimum Gasteiger partial charge on any atom is -0.344 e. The fourth-order valence-electron chi connectivity index (χ4n) is 3.39. The zero-order valence-electron chi connectivity index (χ0n) is 16.6. The molecule has 4 aromatic rings. The van der Waals surface area contributed by atoms with Crippen LogP contribution in [0.15, 0.2) is 62.7 Å². The second kappa shape index (κ2) is 7.46. The van der Waals surface area contributed by atoms with E-state index < -0.39 is 17.2 Å². The van der Waals surface area contributed by atoms with Gasteiger partial charge in [-0.25, -0.2) is 9.36 Å². The van der Waals surface area contributed by atoms with Gasteiger partial charge in [0.2, 0.25) is 0 Å². The summed E-state index contributed by atoms with van der Waals surface area (Å²) >= 11 is 3.43. The van der Waals surface area contributed by atoms with Gasteiger partial charge in [-0.2, -0.15) is 0 Å². The van der Waals surface area contributed by atoms with Crippen LogP contribution in [-0.2, 0) is 7.05 Å². The summed E-state index contributed by atoms with van der Waals surface area (Å²) in [4.78, 5) is 41.4. The Hall–Kier alpha value is -3.39. The summed E-state index contributed by atoms with van der Waals surface area (Å²) in [6.07, 6.45) is 1.54. The largest absolute Gasteiger partial charge is 0.344 e. The van der Waals surface area contributed by atoms with Crippen LogP contribution in [0.5, 0.6) is 0 Å². The van der Waals surface area contributed by atoms with E-state index >= 15 is 0 Å². The van der Waals surface area contributed by atoms with Crippen LogP contribution >= 0.6 is 15.9 Å². The molecule has 7 nitrogen and oxygen atoms in total. The van der Waals surface area contributed by atoms with Crippen molar-refractivity contribution in [3.63, 3.8) is 0 Å². The van der Waals surface area contributed by atoms with E-state index in [9.17, 15) is 14.4 Å². The number of carbonyl (C=O) groups excluding carboxylic acids is 1. The highest BCUT2D eigenvalue weighted by Crippen LogP contribution is 2.22. The monoisotopic (exact) mass is 466 g/mol. The fourth-order valence-corrected chi connectivity index (χ4v) is 3.64. The van der Waals surface area contributed by atoms with Crippen molar-refractivity contribution in [2.75, 3.05) is 5.32 Å². The van der Waals surface area contributed by atoms with E-state index in [1.54, 1.807) is 36.0 Å². The van der Waals surface area contributed by atoms with Crippen molar-refractivity contribution in [3.05, 3.63) is 90.7 Å². The van der Waals surface area contributed by atoms with E-state index in [1.807, 2.05) is 38.1 Å². The maximum Gasteiger partial charge on any atom is 0.333 e. The first-order valence-corrected chi connectivity index (χ1v) is 10.0. The summed E-state index contributed by atoms with van der Waals surface area (Å²) in [7, 11) is 1.67. The molecule has 1 amide bonds. The van der Waals surface area contributed by atoms with Crippen molar-refractivity contribution >= 4 is 38.6 Å². The third-order valence-corrected chi connectivity index (χ3v) is 5.86. The predicted molar refractivity (Wildman–Crippen MR) is 121 cm³/mol. The maximum absolute atomic E-state index is 13.1. The van der Waals surface area contributed by atoms with Crippen LogP contribution in [0.3, 0.4) is 0 Å². The maximum atomic E-state index is 13.1. The topological polar surface area (TPSA) is 88.9 Å². The number of hydrogen-bond acceptors (Lipinski definition) is 3. The van der Waals surface area contributed by atoms with Gasteiger partial charge in [-0.15, -0.1) is 0 Å². The lowest BCUT2D eigenvalue weighted by atomic mass is 10.2. The minimum atomic E-state index is -0.601. The highest BCUT2D eigenvalue weighted by molar-refractivity contribution is 9.10. The number of aromatic nitrogens is 3. The number of nitrogens with one attached hydrogen (secondary N) is 2. The van der Waals surface area contributed by atoms with E-state index in [2.05, 4.69) is 26.2 Å². The molecule has 152 valence electrons. The Labute approximate surface area is 180 Å². The molecule has 0 aliphatic heterocycles. The van der Waals surface area contributed by atoms with Gasteiger partial charge in [0, 0.05) is 23.4 Å². The zero-order chi connectivity index (χ0) is 21.6. The first-order valence-electron chi connectivity index (χ1n) is 9.25. The molecule has 0 unspecified atom stereocenters. The highest BCUT2D eigenvalue weighted by Gasteiger charge is 2.20. The number of anilines is 1. The first kappa shape index (κ1) is 19.9. The molecule has 0 aliphatic rings. The number of halogens is 1.